The number of hydrogen-bond acceptors (Lipinski definition) is 4. The van der Waals surface area contributed by atoms with Crippen LogP contribution in [0.4, 0.5) is 0 Å². The molecule has 2 aliphatic heterocycles. The van der Waals surface area contributed by atoms with Crippen molar-refractivity contribution in [1.82, 2.24) is 20.2 Å². The molecule has 2 atom stereocenters. The normalized spacial score (nSPS) is 21.2. The van der Waals surface area contributed by atoms with Gasteiger partial charge in [0.25, 0.3) is 5.91 Å². The molecule has 172 valence electrons. The van der Waals surface area contributed by atoms with Crippen LogP contribution in [0.5, 0.6) is 5.75 Å². The Morgan fingerprint density at radius 3 is 2.94 bits per heavy atom. The van der Waals surface area contributed by atoms with Crippen LogP contribution in [0.15, 0.2) is 72.0 Å². The molecule has 6 rings (SSSR count). The van der Waals surface area contributed by atoms with Crippen LogP contribution in [-0.4, -0.2) is 40.0 Å². The Hall–Kier alpha value is -3.80. The van der Waals surface area contributed by atoms with Gasteiger partial charge in [-0.15, -0.1) is 0 Å². The largest absolute Gasteiger partial charge is 0.491 e. The number of aromatic amines is 1. The van der Waals surface area contributed by atoms with Gasteiger partial charge in [-0.1, -0.05) is 37.3 Å². The average Bonchev–Trinajstić information content (AvgIpc) is 3.38. The number of ether oxygens (including phenoxy) is 1. The first-order valence-corrected chi connectivity index (χ1v) is 12.0. The van der Waals surface area contributed by atoms with Gasteiger partial charge in [0.05, 0.1) is 29.3 Å². The summed E-state index contributed by atoms with van der Waals surface area (Å²) in [6, 6.07) is 12.7. The number of fused-ring (bicyclic) bond motifs is 3. The van der Waals surface area contributed by atoms with Crippen molar-refractivity contribution in [3.8, 4) is 16.9 Å². The lowest BCUT2D eigenvalue weighted by Crippen LogP contribution is -2.39. The molecule has 3 heterocycles. The monoisotopic (exact) mass is 452 g/mol. The van der Waals surface area contributed by atoms with E-state index in [1.165, 1.54) is 5.57 Å². The van der Waals surface area contributed by atoms with E-state index in [-0.39, 0.29) is 17.9 Å². The number of allylic oxidation sites excluding steroid dienone is 2. The van der Waals surface area contributed by atoms with E-state index < -0.39 is 0 Å². The average molecular weight is 453 g/mol. The minimum atomic E-state index is 0.0365. The lowest BCUT2D eigenvalue weighted by Gasteiger charge is -2.25. The summed E-state index contributed by atoms with van der Waals surface area (Å²) in [6.07, 6.45) is 9.49. The molecule has 2 N–H and O–H groups in total. The van der Waals surface area contributed by atoms with Crippen LogP contribution in [-0.2, 0) is 11.3 Å². The Morgan fingerprint density at radius 1 is 1.21 bits per heavy atom. The third kappa shape index (κ3) is 3.59. The highest BCUT2D eigenvalue weighted by Gasteiger charge is 2.33. The van der Waals surface area contributed by atoms with Gasteiger partial charge in [-0.05, 0) is 60.4 Å². The molecule has 1 aliphatic carbocycles. The van der Waals surface area contributed by atoms with Crippen molar-refractivity contribution < 1.29 is 9.53 Å². The summed E-state index contributed by atoms with van der Waals surface area (Å²) in [7, 11) is 0. The zero-order chi connectivity index (χ0) is 23.2. The highest BCUT2D eigenvalue weighted by atomic mass is 16.5. The molecule has 1 aromatic heterocycles. The van der Waals surface area contributed by atoms with Crippen LogP contribution < -0.4 is 10.1 Å². The number of carbonyl (C=O) groups is 1. The standard InChI is InChI=1S/C28H28N4O2/c1-3-18-5-4-6-21-15-25(31-27(18)21)28(33)32-11-12-34-26-10-8-19(13-22(26)16-32)20-7-9-23-24(14-20)30-17(2)29-23/h4-10,13-15,21,27,31H,3,11-12,16H2,1-2H3,(H,29,30). The zero-order valence-electron chi connectivity index (χ0n) is 19.5. The molecule has 2 aromatic carbocycles. The molecule has 0 bridgehead atoms. The molecular weight excluding hydrogens is 424 g/mol. The number of nitrogens with zero attached hydrogens (tertiary/aromatic N) is 2. The number of amides is 1. The summed E-state index contributed by atoms with van der Waals surface area (Å²) < 4.78 is 6.01. The second-order valence-corrected chi connectivity index (χ2v) is 9.21. The molecule has 3 aromatic rings. The van der Waals surface area contributed by atoms with Crippen molar-refractivity contribution in [3.63, 3.8) is 0 Å². The first-order chi connectivity index (χ1) is 16.6. The second kappa shape index (κ2) is 8.20. The molecule has 6 nitrogen and oxygen atoms in total. The smallest absolute Gasteiger partial charge is 0.270 e. The lowest BCUT2D eigenvalue weighted by atomic mass is 9.89. The van der Waals surface area contributed by atoms with Crippen molar-refractivity contribution in [3.05, 3.63) is 83.4 Å². The van der Waals surface area contributed by atoms with Gasteiger partial charge in [0.2, 0.25) is 0 Å². The molecule has 1 amide bonds. The van der Waals surface area contributed by atoms with Crippen molar-refractivity contribution in [1.29, 1.82) is 0 Å². The van der Waals surface area contributed by atoms with Gasteiger partial charge in [-0.3, -0.25) is 4.79 Å². The van der Waals surface area contributed by atoms with Gasteiger partial charge < -0.3 is 19.9 Å². The quantitative estimate of drug-likeness (QED) is 0.608. The summed E-state index contributed by atoms with van der Waals surface area (Å²) >= 11 is 0. The number of benzene rings is 2. The van der Waals surface area contributed by atoms with Gasteiger partial charge in [-0.25, -0.2) is 4.98 Å². The Kier molecular flexibility index (Phi) is 5.01. The Labute approximate surface area is 199 Å². The Bertz CT molecular complexity index is 1380. The van der Waals surface area contributed by atoms with E-state index in [9.17, 15) is 4.79 Å². The van der Waals surface area contributed by atoms with Crippen molar-refractivity contribution >= 4 is 16.9 Å². The topological polar surface area (TPSA) is 70.2 Å². The molecule has 2 unspecified atom stereocenters. The maximum absolute atomic E-state index is 13.5. The minimum absolute atomic E-state index is 0.0365. The zero-order valence-corrected chi connectivity index (χ0v) is 19.5. The van der Waals surface area contributed by atoms with Crippen molar-refractivity contribution in [2.24, 2.45) is 5.92 Å². The number of aryl methyl sites for hydroxylation is 1. The number of nitrogens with one attached hydrogen (secondary N) is 2. The molecule has 0 saturated carbocycles. The maximum Gasteiger partial charge on any atom is 0.270 e. The molecule has 3 aliphatic rings. The Balaban J connectivity index is 1.26. The second-order valence-electron chi connectivity index (χ2n) is 9.21. The van der Waals surface area contributed by atoms with Gasteiger partial charge in [-0.2, -0.15) is 0 Å². The minimum Gasteiger partial charge on any atom is -0.491 e. The van der Waals surface area contributed by atoms with Crippen LogP contribution in [0.3, 0.4) is 0 Å². The third-order valence-electron chi connectivity index (χ3n) is 7.00. The fourth-order valence-electron chi connectivity index (χ4n) is 5.22. The predicted octanol–water partition coefficient (Wildman–Crippen LogP) is 4.64. The number of rotatable bonds is 3. The van der Waals surface area contributed by atoms with E-state index in [0.717, 1.165) is 45.7 Å². The van der Waals surface area contributed by atoms with E-state index in [1.807, 2.05) is 24.0 Å². The van der Waals surface area contributed by atoms with Crippen LogP contribution in [0.25, 0.3) is 22.2 Å². The number of carbonyl (C=O) groups excluding carboxylic acids is 1. The first kappa shape index (κ1) is 20.8. The van der Waals surface area contributed by atoms with Gasteiger partial charge in [0, 0.05) is 18.0 Å². The Morgan fingerprint density at radius 2 is 2.06 bits per heavy atom. The van der Waals surface area contributed by atoms with Gasteiger partial charge >= 0.3 is 0 Å². The molecule has 6 heteroatoms. The summed E-state index contributed by atoms with van der Waals surface area (Å²) in [5, 5.41) is 3.49. The first-order valence-electron chi connectivity index (χ1n) is 12.0. The fourth-order valence-corrected chi connectivity index (χ4v) is 5.22. The van der Waals surface area contributed by atoms with E-state index in [2.05, 4.69) is 70.8 Å². The predicted molar refractivity (Wildman–Crippen MR) is 133 cm³/mol. The summed E-state index contributed by atoms with van der Waals surface area (Å²) in [5.41, 5.74) is 7.24. The number of hydrogen-bond donors (Lipinski definition) is 2. The van der Waals surface area contributed by atoms with Crippen LogP contribution in [0, 0.1) is 12.8 Å². The molecule has 0 fully saturated rings. The van der Waals surface area contributed by atoms with Crippen molar-refractivity contribution in [2.75, 3.05) is 13.2 Å². The summed E-state index contributed by atoms with van der Waals surface area (Å²) in [5.74, 6) is 2.03. The summed E-state index contributed by atoms with van der Waals surface area (Å²) in [6.45, 7) is 5.69. The lowest BCUT2D eigenvalue weighted by molar-refractivity contribution is -0.128. The van der Waals surface area contributed by atoms with Gasteiger partial charge in [0.15, 0.2) is 0 Å². The molecule has 34 heavy (non-hydrogen) atoms. The maximum atomic E-state index is 13.5. The molecule has 0 saturated heterocycles. The third-order valence-corrected chi connectivity index (χ3v) is 7.00. The number of imidazole rings is 1. The van der Waals surface area contributed by atoms with Crippen LogP contribution in [0.2, 0.25) is 0 Å². The van der Waals surface area contributed by atoms with E-state index in [1.54, 1.807) is 0 Å². The molecule has 0 radical (unpaired) electrons. The van der Waals surface area contributed by atoms with E-state index in [4.69, 9.17) is 4.74 Å². The van der Waals surface area contributed by atoms with E-state index >= 15 is 0 Å². The number of aromatic nitrogens is 2. The highest BCUT2D eigenvalue weighted by molar-refractivity contribution is 5.94. The fraction of sp³-hybridized carbons (Fsp3) is 0.286. The molecule has 0 spiro atoms. The number of H-pyrrole nitrogens is 1. The summed E-state index contributed by atoms with van der Waals surface area (Å²) in [4.78, 5) is 23.2. The van der Waals surface area contributed by atoms with Gasteiger partial charge in [0.1, 0.15) is 18.2 Å². The van der Waals surface area contributed by atoms with Crippen LogP contribution in [0.1, 0.15) is 24.7 Å². The SMILES string of the molecule is CCC1=CC=CC2C=C(C(=O)N3CCOc4ccc(-c5ccc6nc(C)[nH]c6c5)cc4C3)NC12. The molecular formula is C28H28N4O2. The highest BCUT2D eigenvalue weighted by Crippen LogP contribution is 2.33. The van der Waals surface area contributed by atoms with Crippen LogP contribution >= 0.6 is 0 Å². The van der Waals surface area contributed by atoms with Crippen molar-refractivity contribution in [2.45, 2.75) is 32.9 Å². The van der Waals surface area contributed by atoms with E-state index in [0.29, 0.717) is 25.4 Å².